The molecule has 6 heteroatoms. The highest BCUT2D eigenvalue weighted by Gasteiger charge is 2.16. The van der Waals surface area contributed by atoms with Crippen molar-refractivity contribution in [3.05, 3.63) is 47.0 Å². The first-order valence-electron chi connectivity index (χ1n) is 11.6. The molecule has 0 unspecified atom stereocenters. The lowest BCUT2D eigenvalue weighted by Gasteiger charge is -2.20. The Labute approximate surface area is 196 Å². The third-order valence-electron chi connectivity index (χ3n) is 6.24. The Kier molecular flexibility index (Phi) is 7.08. The molecule has 4 rings (SSSR count). The highest BCUT2D eigenvalue weighted by molar-refractivity contribution is 6.32. The largest absolute Gasteiger partial charge is 0.492 e. The first-order valence-corrected chi connectivity index (χ1v) is 12.0. The van der Waals surface area contributed by atoms with Crippen molar-refractivity contribution < 1.29 is 4.74 Å². The van der Waals surface area contributed by atoms with E-state index in [0.717, 1.165) is 54.2 Å². The highest BCUT2D eigenvalue weighted by atomic mass is 35.5. The number of rotatable bonds is 6. The molecule has 1 fully saturated rings. The zero-order valence-electron chi connectivity index (χ0n) is 19.7. The summed E-state index contributed by atoms with van der Waals surface area (Å²) in [6.07, 6.45) is 2.24. The molecule has 0 aliphatic carbocycles. The first-order chi connectivity index (χ1) is 15.3. The Hall–Kier alpha value is -2.08. The Morgan fingerprint density at radius 2 is 1.91 bits per heavy atom. The number of ether oxygens (including phenoxy) is 1. The predicted molar refractivity (Wildman–Crippen MR) is 134 cm³/mol. The van der Waals surface area contributed by atoms with Gasteiger partial charge in [-0.1, -0.05) is 38.4 Å². The van der Waals surface area contributed by atoms with Crippen LogP contribution in [0.5, 0.6) is 5.75 Å². The summed E-state index contributed by atoms with van der Waals surface area (Å²) in [5.74, 6) is 1.56. The van der Waals surface area contributed by atoms with Crippen LogP contribution in [-0.4, -0.2) is 66.1 Å². The van der Waals surface area contributed by atoms with Crippen molar-refractivity contribution in [1.29, 1.82) is 0 Å². The normalized spacial score (nSPS) is 16.4. The summed E-state index contributed by atoms with van der Waals surface area (Å²) in [4.78, 5) is 13.2. The van der Waals surface area contributed by atoms with E-state index in [0.29, 0.717) is 11.6 Å². The molecule has 0 spiro atoms. The van der Waals surface area contributed by atoms with Crippen LogP contribution in [0.3, 0.4) is 0 Å². The molecule has 32 heavy (non-hydrogen) atoms. The van der Waals surface area contributed by atoms with Crippen molar-refractivity contribution >= 4 is 22.6 Å². The van der Waals surface area contributed by atoms with E-state index in [1.54, 1.807) is 0 Å². The third kappa shape index (κ3) is 5.64. The zero-order valence-corrected chi connectivity index (χ0v) is 20.5. The number of imidazole rings is 1. The third-order valence-corrected chi connectivity index (χ3v) is 6.54. The predicted octanol–water partition coefficient (Wildman–Crippen LogP) is 5.59. The van der Waals surface area contributed by atoms with Gasteiger partial charge in [-0.25, -0.2) is 4.98 Å². The fourth-order valence-electron chi connectivity index (χ4n) is 4.17. The lowest BCUT2D eigenvalue weighted by Crippen LogP contribution is -2.30. The average Bonchev–Trinajstić information content (AvgIpc) is 3.07. The molecule has 0 amide bonds. The van der Waals surface area contributed by atoms with E-state index in [-0.39, 0.29) is 5.41 Å². The van der Waals surface area contributed by atoms with Crippen LogP contribution in [0.4, 0.5) is 0 Å². The number of halogens is 1. The van der Waals surface area contributed by atoms with E-state index < -0.39 is 0 Å². The van der Waals surface area contributed by atoms with E-state index in [4.69, 9.17) is 21.3 Å². The summed E-state index contributed by atoms with van der Waals surface area (Å²) >= 11 is 6.55. The van der Waals surface area contributed by atoms with Gasteiger partial charge in [0, 0.05) is 25.2 Å². The molecule has 1 N–H and O–H groups in total. The molecule has 0 atom stereocenters. The number of fused-ring (bicyclic) bond motifs is 1. The van der Waals surface area contributed by atoms with Gasteiger partial charge < -0.3 is 19.5 Å². The molecule has 1 aliphatic heterocycles. The quantitative estimate of drug-likeness (QED) is 0.493. The van der Waals surface area contributed by atoms with Gasteiger partial charge in [-0.3, -0.25) is 0 Å². The molecule has 0 radical (unpaired) electrons. The summed E-state index contributed by atoms with van der Waals surface area (Å²) in [7, 11) is 2.20. The monoisotopic (exact) mass is 454 g/mol. The van der Waals surface area contributed by atoms with Crippen molar-refractivity contribution in [2.45, 2.75) is 39.0 Å². The second-order valence-electron chi connectivity index (χ2n) is 9.91. The Balaban J connectivity index is 1.36. The Morgan fingerprint density at radius 3 is 2.69 bits per heavy atom. The molecule has 1 aliphatic rings. The number of hydrogen-bond donors (Lipinski definition) is 1. The van der Waals surface area contributed by atoms with Crippen LogP contribution in [0, 0.1) is 0 Å². The summed E-state index contributed by atoms with van der Waals surface area (Å²) in [5, 5.41) is 0.620. The van der Waals surface area contributed by atoms with Crippen molar-refractivity contribution in [2.24, 2.45) is 0 Å². The van der Waals surface area contributed by atoms with Gasteiger partial charge in [0.15, 0.2) is 0 Å². The van der Waals surface area contributed by atoms with Crippen molar-refractivity contribution in [2.75, 3.05) is 46.4 Å². The lowest BCUT2D eigenvalue weighted by molar-refractivity contribution is 0.237. The van der Waals surface area contributed by atoms with Crippen LogP contribution in [0.1, 0.15) is 39.2 Å². The fourth-order valence-corrected chi connectivity index (χ4v) is 4.40. The second kappa shape index (κ2) is 9.82. The van der Waals surface area contributed by atoms with Gasteiger partial charge in [-0.05, 0) is 74.3 Å². The molecule has 2 heterocycles. The molecular weight excluding hydrogens is 420 g/mol. The summed E-state index contributed by atoms with van der Waals surface area (Å²) < 4.78 is 5.98. The number of H-pyrrole nitrogens is 1. The Morgan fingerprint density at radius 1 is 1.06 bits per heavy atom. The van der Waals surface area contributed by atoms with Gasteiger partial charge in [-0.15, -0.1) is 0 Å². The maximum atomic E-state index is 6.55. The number of aromatic amines is 1. The summed E-state index contributed by atoms with van der Waals surface area (Å²) in [5.41, 5.74) is 4.34. The SMILES string of the molecule is CN1CCCN(CCCOc2ccc(-c3nc4cc(C(C)(C)C)ccc4[nH]3)cc2Cl)CC1. The highest BCUT2D eigenvalue weighted by Crippen LogP contribution is 2.31. The molecule has 172 valence electrons. The molecular formula is C26H35ClN4O. The average molecular weight is 455 g/mol. The smallest absolute Gasteiger partial charge is 0.138 e. The number of benzene rings is 2. The fraction of sp³-hybridized carbons (Fsp3) is 0.500. The maximum Gasteiger partial charge on any atom is 0.138 e. The Bertz CT molecular complexity index is 1060. The number of hydrogen-bond acceptors (Lipinski definition) is 4. The topological polar surface area (TPSA) is 44.4 Å². The molecule has 2 aromatic carbocycles. The standard InChI is InChI=1S/C26H35ClN4O/c1-26(2,3)20-8-9-22-23(18-20)29-25(28-22)19-7-10-24(21(27)17-19)32-16-6-13-31-12-5-11-30(4)14-15-31/h7-10,17-18H,5-6,11-16H2,1-4H3,(H,28,29). The van der Waals surface area contributed by atoms with Gasteiger partial charge in [-0.2, -0.15) is 0 Å². The van der Waals surface area contributed by atoms with Gasteiger partial charge in [0.2, 0.25) is 0 Å². The van der Waals surface area contributed by atoms with Crippen LogP contribution >= 0.6 is 11.6 Å². The van der Waals surface area contributed by atoms with Crippen molar-refractivity contribution in [3.63, 3.8) is 0 Å². The van der Waals surface area contributed by atoms with E-state index in [9.17, 15) is 0 Å². The second-order valence-corrected chi connectivity index (χ2v) is 10.3. The number of likely N-dealkylation sites (N-methyl/N-ethyl adjacent to an activating group) is 1. The maximum absolute atomic E-state index is 6.55. The molecule has 0 bridgehead atoms. The van der Waals surface area contributed by atoms with Gasteiger partial charge in [0.05, 0.1) is 22.7 Å². The van der Waals surface area contributed by atoms with Crippen molar-refractivity contribution in [1.82, 2.24) is 19.8 Å². The number of nitrogens with one attached hydrogen (secondary N) is 1. The minimum atomic E-state index is 0.0964. The van der Waals surface area contributed by atoms with Crippen LogP contribution in [0.15, 0.2) is 36.4 Å². The number of aromatic nitrogens is 2. The van der Waals surface area contributed by atoms with Gasteiger partial charge >= 0.3 is 0 Å². The molecule has 3 aromatic rings. The van der Waals surface area contributed by atoms with Crippen LogP contribution in [-0.2, 0) is 5.41 Å². The van der Waals surface area contributed by atoms with Gasteiger partial charge in [0.1, 0.15) is 11.6 Å². The lowest BCUT2D eigenvalue weighted by atomic mass is 9.87. The van der Waals surface area contributed by atoms with E-state index in [1.807, 2.05) is 18.2 Å². The molecule has 1 aromatic heterocycles. The van der Waals surface area contributed by atoms with Crippen LogP contribution in [0.25, 0.3) is 22.4 Å². The van der Waals surface area contributed by atoms with E-state index in [1.165, 1.54) is 25.1 Å². The van der Waals surface area contributed by atoms with Crippen LogP contribution < -0.4 is 4.74 Å². The first kappa shape index (κ1) is 23.1. The van der Waals surface area contributed by atoms with Crippen molar-refractivity contribution in [3.8, 4) is 17.1 Å². The van der Waals surface area contributed by atoms with Gasteiger partial charge in [0.25, 0.3) is 0 Å². The van der Waals surface area contributed by atoms with Crippen LogP contribution in [0.2, 0.25) is 5.02 Å². The summed E-state index contributed by atoms with van der Waals surface area (Å²) in [6.45, 7) is 13.0. The minimum Gasteiger partial charge on any atom is -0.492 e. The van der Waals surface area contributed by atoms with E-state index in [2.05, 4.69) is 60.8 Å². The molecule has 0 saturated carbocycles. The molecule has 5 nitrogen and oxygen atoms in total. The molecule has 1 saturated heterocycles. The zero-order chi connectivity index (χ0) is 22.7. The van der Waals surface area contributed by atoms with E-state index >= 15 is 0 Å². The summed E-state index contributed by atoms with van der Waals surface area (Å²) in [6, 6.07) is 12.3. The number of nitrogens with zero attached hydrogens (tertiary/aromatic N) is 3. The minimum absolute atomic E-state index is 0.0964.